The number of fused-ring (bicyclic) bond motifs is 1. The number of nitrogens with zero attached hydrogens (tertiary/aromatic N) is 7. The Bertz CT molecular complexity index is 1290. The first-order valence-electron chi connectivity index (χ1n) is 10.7. The molecule has 0 saturated carbocycles. The summed E-state index contributed by atoms with van der Waals surface area (Å²) in [6.45, 7) is 4.30. The summed E-state index contributed by atoms with van der Waals surface area (Å²) in [4.78, 5) is 48.4. The molecule has 4 rings (SSSR count). The molecule has 1 saturated heterocycles. The number of carbonyl (C=O) groups excluding carboxylic acids is 2. The number of hydrogen-bond donors (Lipinski definition) is 4. The maximum atomic E-state index is 13.0. The zero-order chi connectivity index (χ0) is 26.5. The number of aromatic nitrogens is 5. The first-order valence-corrected chi connectivity index (χ1v) is 13.6. The number of anilines is 1. The fourth-order valence-corrected chi connectivity index (χ4v) is 6.38. The Labute approximate surface area is 246 Å². The molecule has 4 heterocycles. The van der Waals surface area contributed by atoms with Gasteiger partial charge in [0.15, 0.2) is 10.8 Å². The number of carboxylic acids is 1. The van der Waals surface area contributed by atoms with Gasteiger partial charge in [0.05, 0.1) is 6.54 Å². The van der Waals surface area contributed by atoms with E-state index in [0.717, 1.165) is 11.3 Å². The predicted molar refractivity (Wildman–Crippen MR) is 151 cm³/mol. The summed E-state index contributed by atoms with van der Waals surface area (Å²) in [5, 5.41) is 29.4. The standard InChI is InChI=1S/C19H22N10O5S3.2ClH/c1-2-4-28-19(24-26-27-28)37-7-9-6-35-16-12(15(31)29(16)13(9)17(32)33)23-14(30)11(25-34-5-3-20)10-8-36-18(21)22-10;;/h2,8,12,16H,1,3-7,20H2,(H2,21,22)(H,23,30)(H,32,33);2*1H/t12?,16-;;/m1../s1. The minimum absolute atomic E-state index is 0. The van der Waals surface area contributed by atoms with Gasteiger partial charge in [-0.2, -0.15) is 0 Å². The third-order valence-corrected chi connectivity index (χ3v) is 8.11. The quantitative estimate of drug-likeness (QED) is 0.0599. The highest BCUT2D eigenvalue weighted by Crippen LogP contribution is 2.41. The number of aliphatic carboxylic acids is 1. The smallest absolute Gasteiger partial charge is 0.352 e. The predicted octanol–water partition coefficient (Wildman–Crippen LogP) is -0.0483. The van der Waals surface area contributed by atoms with Crippen molar-refractivity contribution in [3.63, 3.8) is 0 Å². The molecular weight excluding hydrogens is 615 g/mol. The van der Waals surface area contributed by atoms with E-state index in [9.17, 15) is 19.5 Å². The number of β-lactam (4-membered cyclic amide) rings is 1. The lowest BCUT2D eigenvalue weighted by Gasteiger charge is -2.49. The number of oxime groups is 1. The molecule has 39 heavy (non-hydrogen) atoms. The molecule has 1 fully saturated rings. The van der Waals surface area contributed by atoms with Crippen LogP contribution in [0.2, 0.25) is 0 Å². The molecule has 1 unspecified atom stereocenters. The van der Waals surface area contributed by atoms with Gasteiger partial charge in [-0.25, -0.2) is 14.5 Å². The van der Waals surface area contributed by atoms with E-state index in [4.69, 9.17) is 16.3 Å². The lowest BCUT2D eigenvalue weighted by atomic mass is 10.0. The molecule has 0 spiro atoms. The molecule has 2 aliphatic heterocycles. The fraction of sp³-hybridized carbons (Fsp3) is 0.368. The Kier molecular flexibility index (Phi) is 12.0. The van der Waals surface area contributed by atoms with E-state index in [0.29, 0.717) is 23.0 Å². The molecule has 0 aliphatic carbocycles. The van der Waals surface area contributed by atoms with Gasteiger partial charge in [0.25, 0.3) is 11.8 Å². The number of carbonyl (C=O) groups is 3. The molecule has 20 heteroatoms. The highest BCUT2D eigenvalue weighted by atomic mass is 35.5. The van der Waals surface area contributed by atoms with Crippen molar-refractivity contribution in [1.29, 1.82) is 0 Å². The molecule has 2 aromatic rings. The van der Waals surface area contributed by atoms with Crippen molar-refractivity contribution in [3.8, 4) is 0 Å². The largest absolute Gasteiger partial charge is 0.477 e. The van der Waals surface area contributed by atoms with Crippen molar-refractivity contribution < 1.29 is 24.3 Å². The number of allylic oxidation sites excluding steroid dienone is 1. The van der Waals surface area contributed by atoms with Crippen molar-refractivity contribution in [3.05, 3.63) is 35.0 Å². The number of nitrogens with one attached hydrogen (secondary N) is 1. The van der Waals surface area contributed by atoms with E-state index in [1.807, 2.05) is 0 Å². The Morgan fingerprint density at radius 2 is 2.18 bits per heavy atom. The Balaban J connectivity index is 0.00000267. The van der Waals surface area contributed by atoms with Crippen molar-refractivity contribution in [2.24, 2.45) is 10.9 Å². The summed E-state index contributed by atoms with van der Waals surface area (Å²) in [5.41, 5.74) is 11.5. The second kappa shape index (κ2) is 14.5. The number of rotatable bonds is 12. The van der Waals surface area contributed by atoms with E-state index >= 15 is 0 Å². The zero-order valence-corrected chi connectivity index (χ0v) is 24.0. The SMILES string of the molecule is C=CCn1nnnc1SCC1=C(C(=O)O)N2C(=O)C(NC(=O)C(=NOCCN)c3csc(N)n3)[C@H]2SC1.Cl.Cl. The minimum atomic E-state index is -1.24. The van der Waals surface area contributed by atoms with Crippen LogP contribution < -0.4 is 16.8 Å². The molecule has 212 valence electrons. The zero-order valence-electron chi connectivity index (χ0n) is 20.0. The van der Waals surface area contributed by atoms with E-state index in [1.54, 1.807) is 6.08 Å². The summed E-state index contributed by atoms with van der Waals surface area (Å²) in [7, 11) is 0. The van der Waals surface area contributed by atoms with Gasteiger partial charge in [0.2, 0.25) is 5.16 Å². The van der Waals surface area contributed by atoms with Crippen LogP contribution >= 0.6 is 59.7 Å². The highest BCUT2D eigenvalue weighted by Gasteiger charge is 2.54. The summed E-state index contributed by atoms with van der Waals surface area (Å²) in [6.07, 6.45) is 1.64. The molecule has 15 nitrogen and oxygen atoms in total. The lowest BCUT2D eigenvalue weighted by Crippen LogP contribution is -2.71. The number of thioether (sulfide) groups is 2. The number of nitrogen functional groups attached to an aromatic ring is 1. The number of halogens is 2. The molecule has 2 aliphatic rings. The Morgan fingerprint density at radius 1 is 1.41 bits per heavy atom. The van der Waals surface area contributed by atoms with Crippen LogP contribution in [0.4, 0.5) is 5.13 Å². The number of thiazole rings is 1. The van der Waals surface area contributed by atoms with Crippen LogP contribution in [-0.2, 0) is 25.8 Å². The topological polar surface area (TPSA) is 217 Å². The van der Waals surface area contributed by atoms with E-state index < -0.39 is 29.2 Å². The van der Waals surface area contributed by atoms with Gasteiger partial charge in [0.1, 0.15) is 29.4 Å². The van der Waals surface area contributed by atoms with Crippen molar-refractivity contribution in [1.82, 2.24) is 35.4 Å². The molecule has 6 N–H and O–H groups in total. The highest BCUT2D eigenvalue weighted by molar-refractivity contribution is 8.01. The van der Waals surface area contributed by atoms with Crippen LogP contribution in [0.3, 0.4) is 0 Å². The van der Waals surface area contributed by atoms with Gasteiger partial charge >= 0.3 is 5.97 Å². The summed E-state index contributed by atoms with van der Waals surface area (Å²) in [6, 6.07) is -0.961. The molecule has 0 aromatic carbocycles. The first-order chi connectivity index (χ1) is 17.8. The van der Waals surface area contributed by atoms with Gasteiger partial charge in [-0.05, 0) is 16.0 Å². The summed E-state index contributed by atoms with van der Waals surface area (Å²) >= 11 is 3.71. The Hall–Kier alpha value is -2.90. The van der Waals surface area contributed by atoms with Crippen LogP contribution in [0.25, 0.3) is 0 Å². The molecule has 0 radical (unpaired) electrons. The van der Waals surface area contributed by atoms with Crippen molar-refractivity contribution in [2.45, 2.75) is 23.1 Å². The maximum absolute atomic E-state index is 13.0. The van der Waals surface area contributed by atoms with Gasteiger partial charge < -0.3 is 26.7 Å². The normalized spacial score (nSPS) is 18.3. The monoisotopic (exact) mass is 638 g/mol. The molecule has 2 amide bonds. The van der Waals surface area contributed by atoms with Crippen LogP contribution in [-0.4, -0.2) is 94.8 Å². The van der Waals surface area contributed by atoms with Gasteiger partial charge in [-0.15, -0.1) is 59.6 Å². The second-order valence-electron chi connectivity index (χ2n) is 7.47. The van der Waals surface area contributed by atoms with Gasteiger partial charge in [-0.3, -0.25) is 14.5 Å². The minimum Gasteiger partial charge on any atom is -0.477 e. The first kappa shape index (κ1) is 32.3. The van der Waals surface area contributed by atoms with E-state index in [-0.39, 0.29) is 66.0 Å². The summed E-state index contributed by atoms with van der Waals surface area (Å²) < 4.78 is 1.53. The third kappa shape index (κ3) is 7.00. The van der Waals surface area contributed by atoms with Crippen LogP contribution in [0, 0.1) is 0 Å². The summed E-state index contributed by atoms with van der Waals surface area (Å²) in [5.74, 6) is -1.90. The fourth-order valence-electron chi connectivity index (χ4n) is 3.46. The third-order valence-electron chi connectivity index (χ3n) is 5.06. The van der Waals surface area contributed by atoms with Crippen LogP contribution in [0.1, 0.15) is 5.69 Å². The Morgan fingerprint density at radius 3 is 2.82 bits per heavy atom. The van der Waals surface area contributed by atoms with Crippen LogP contribution in [0.5, 0.6) is 0 Å². The number of amides is 2. The van der Waals surface area contributed by atoms with Gasteiger partial charge in [0, 0.05) is 23.4 Å². The molecule has 2 atom stereocenters. The maximum Gasteiger partial charge on any atom is 0.352 e. The number of tetrazole rings is 1. The lowest BCUT2D eigenvalue weighted by molar-refractivity contribution is -0.150. The average Bonchev–Trinajstić information content (AvgIpc) is 3.51. The second-order valence-corrected chi connectivity index (χ2v) is 10.4. The molecule has 2 aromatic heterocycles. The van der Waals surface area contributed by atoms with Crippen molar-refractivity contribution >= 4 is 88.3 Å². The van der Waals surface area contributed by atoms with Crippen LogP contribution in [0.15, 0.2) is 39.6 Å². The van der Waals surface area contributed by atoms with E-state index in [1.165, 1.54) is 38.5 Å². The van der Waals surface area contributed by atoms with Gasteiger partial charge in [-0.1, -0.05) is 23.0 Å². The average molecular weight is 640 g/mol. The molecule has 0 bridgehead atoms. The number of hydrogen-bond acceptors (Lipinski definition) is 14. The number of carboxylic acid groups (broad SMARTS) is 1. The van der Waals surface area contributed by atoms with Crippen molar-refractivity contribution in [2.75, 3.05) is 30.4 Å². The van der Waals surface area contributed by atoms with E-state index in [2.05, 4.69) is 37.6 Å². The number of nitrogens with two attached hydrogens (primary N) is 2. The molecular formula is C19H24Cl2N10O5S3.